The second-order valence-corrected chi connectivity index (χ2v) is 4.85. The van der Waals surface area contributed by atoms with Gasteiger partial charge in [-0.05, 0) is 58.4 Å². The van der Waals surface area contributed by atoms with E-state index in [1.165, 1.54) is 24.3 Å². The zero-order valence-corrected chi connectivity index (χ0v) is 11.4. The maximum atomic E-state index is 12.7. The molecule has 0 aliphatic rings. The average Bonchev–Trinajstić information content (AvgIpc) is 2.35. The van der Waals surface area contributed by atoms with Gasteiger partial charge in [0.2, 0.25) is 0 Å². The van der Waals surface area contributed by atoms with E-state index < -0.39 is 0 Å². The van der Waals surface area contributed by atoms with Crippen LogP contribution in [0.3, 0.4) is 0 Å². The molecule has 0 aliphatic heterocycles. The van der Waals surface area contributed by atoms with Crippen molar-refractivity contribution in [2.75, 3.05) is 5.32 Å². The Morgan fingerprint density at radius 1 is 1.17 bits per heavy atom. The van der Waals surface area contributed by atoms with E-state index in [2.05, 4.69) is 21.2 Å². The van der Waals surface area contributed by atoms with Crippen LogP contribution < -0.4 is 5.32 Å². The van der Waals surface area contributed by atoms with Crippen LogP contribution in [-0.4, -0.2) is 5.91 Å². The molecule has 18 heavy (non-hydrogen) atoms. The van der Waals surface area contributed by atoms with Gasteiger partial charge in [-0.2, -0.15) is 0 Å². The van der Waals surface area contributed by atoms with E-state index in [4.69, 9.17) is 11.6 Å². The summed E-state index contributed by atoms with van der Waals surface area (Å²) in [6, 6.07) is 10.4. The van der Waals surface area contributed by atoms with Gasteiger partial charge in [-0.25, -0.2) is 4.39 Å². The van der Waals surface area contributed by atoms with Crippen LogP contribution in [0.15, 0.2) is 46.9 Å². The third kappa shape index (κ3) is 3.09. The van der Waals surface area contributed by atoms with Gasteiger partial charge in [-0.3, -0.25) is 4.79 Å². The van der Waals surface area contributed by atoms with Crippen molar-refractivity contribution in [1.82, 2.24) is 0 Å². The van der Waals surface area contributed by atoms with E-state index >= 15 is 0 Å². The van der Waals surface area contributed by atoms with Crippen LogP contribution in [0.4, 0.5) is 10.1 Å². The predicted molar refractivity (Wildman–Crippen MR) is 73.5 cm³/mol. The van der Waals surface area contributed by atoms with Crippen molar-refractivity contribution >= 4 is 39.1 Å². The normalized spacial score (nSPS) is 10.2. The first-order valence-corrected chi connectivity index (χ1v) is 6.25. The topological polar surface area (TPSA) is 29.1 Å². The Morgan fingerprint density at radius 2 is 1.83 bits per heavy atom. The lowest BCUT2D eigenvalue weighted by atomic mass is 10.2. The number of nitrogens with one attached hydrogen (secondary N) is 1. The number of hydrogen-bond donors (Lipinski definition) is 1. The Bertz CT molecular complexity index is 586. The van der Waals surface area contributed by atoms with Gasteiger partial charge in [0, 0.05) is 15.7 Å². The molecule has 0 aromatic heterocycles. The fourth-order valence-corrected chi connectivity index (χ4v) is 1.87. The first kappa shape index (κ1) is 13.1. The van der Waals surface area contributed by atoms with Crippen LogP contribution in [0, 0.1) is 5.82 Å². The highest BCUT2D eigenvalue weighted by Gasteiger charge is 2.08. The molecule has 0 spiro atoms. The van der Waals surface area contributed by atoms with Crippen molar-refractivity contribution < 1.29 is 9.18 Å². The van der Waals surface area contributed by atoms with E-state index in [9.17, 15) is 9.18 Å². The summed E-state index contributed by atoms with van der Waals surface area (Å²) in [7, 11) is 0. The van der Waals surface area contributed by atoms with Gasteiger partial charge >= 0.3 is 0 Å². The van der Waals surface area contributed by atoms with Crippen LogP contribution in [-0.2, 0) is 0 Å². The van der Waals surface area contributed by atoms with Gasteiger partial charge in [-0.15, -0.1) is 0 Å². The second-order valence-electron chi connectivity index (χ2n) is 3.59. The molecular formula is C13H8BrClFNO. The summed E-state index contributed by atoms with van der Waals surface area (Å²) < 4.78 is 13.4. The number of halogens is 3. The van der Waals surface area contributed by atoms with Gasteiger partial charge in [-0.1, -0.05) is 11.6 Å². The van der Waals surface area contributed by atoms with Crippen molar-refractivity contribution in [3.8, 4) is 0 Å². The van der Waals surface area contributed by atoms with E-state index in [-0.39, 0.29) is 11.7 Å². The zero-order valence-electron chi connectivity index (χ0n) is 9.08. The van der Waals surface area contributed by atoms with Gasteiger partial charge in [0.25, 0.3) is 5.91 Å². The molecule has 1 amide bonds. The van der Waals surface area contributed by atoms with Gasteiger partial charge in [0.1, 0.15) is 5.82 Å². The molecule has 0 unspecified atom stereocenters. The lowest BCUT2D eigenvalue weighted by molar-refractivity contribution is 0.102. The summed E-state index contributed by atoms with van der Waals surface area (Å²) in [4.78, 5) is 11.9. The van der Waals surface area contributed by atoms with Crippen molar-refractivity contribution in [3.05, 3.63) is 63.3 Å². The number of benzene rings is 2. The molecule has 0 saturated heterocycles. The minimum absolute atomic E-state index is 0.279. The summed E-state index contributed by atoms with van der Waals surface area (Å²) in [5.74, 6) is -0.624. The monoisotopic (exact) mass is 327 g/mol. The van der Waals surface area contributed by atoms with Crippen molar-refractivity contribution in [2.24, 2.45) is 0 Å². The lowest BCUT2D eigenvalue weighted by Gasteiger charge is -2.06. The van der Waals surface area contributed by atoms with Crippen LogP contribution in [0.25, 0.3) is 0 Å². The molecule has 2 aromatic carbocycles. The molecular weight excluding hydrogens is 321 g/mol. The number of carbonyl (C=O) groups excluding carboxylic acids is 1. The molecule has 5 heteroatoms. The molecule has 2 rings (SSSR count). The molecule has 0 atom stereocenters. The Balaban J connectivity index is 2.16. The standard InChI is InChI=1S/C13H8BrClFNO/c14-11-7-8(1-6-12(11)15)13(18)17-10-4-2-9(16)3-5-10/h1-7H,(H,17,18). The Kier molecular flexibility index (Phi) is 3.99. The molecule has 0 heterocycles. The van der Waals surface area contributed by atoms with E-state index in [1.807, 2.05) is 0 Å². The fourth-order valence-electron chi connectivity index (χ4n) is 1.37. The summed E-state index contributed by atoms with van der Waals surface area (Å²) >= 11 is 9.09. The Hall–Kier alpha value is -1.39. The molecule has 0 bridgehead atoms. The third-order valence-corrected chi connectivity index (χ3v) is 3.50. The van der Waals surface area contributed by atoms with Crippen LogP contribution in [0.1, 0.15) is 10.4 Å². The van der Waals surface area contributed by atoms with Crippen molar-refractivity contribution in [2.45, 2.75) is 0 Å². The molecule has 2 aromatic rings. The molecule has 0 saturated carbocycles. The first-order chi connectivity index (χ1) is 8.56. The van der Waals surface area contributed by atoms with Crippen molar-refractivity contribution in [1.29, 1.82) is 0 Å². The molecule has 0 radical (unpaired) electrons. The summed E-state index contributed by atoms with van der Waals surface area (Å²) in [6.45, 7) is 0. The molecule has 1 N–H and O–H groups in total. The molecule has 2 nitrogen and oxygen atoms in total. The number of anilines is 1. The first-order valence-electron chi connectivity index (χ1n) is 5.08. The van der Waals surface area contributed by atoms with E-state index in [1.54, 1.807) is 18.2 Å². The predicted octanol–water partition coefficient (Wildman–Crippen LogP) is 4.49. The highest BCUT2D eigenvalue weighted by molar-refractivity contribution is 9.10. The number of hydrogen-bond acceptors (Lipinski definition) is 1. The maximum Gasteiger partial charge on any atom is 0.255 e. The number of amides is 1. The van der Waals surface area contributed by atoms with Gasteiger partial charge in [0.05, 0.1) is 5.02 Å². The summed E-state index contributed by atoms with van der Waals surface area (Å²) in [5.41, 5.74) is 1.00. The quantitative estimate of drug-likeness (QED) is 0.864. The fraction of sp³-hybridized carbons (Fsp3) is 0. The third-order valence-electron chi connectivity index (χ3n) is 2.28. The largest absolute Gasteiger partial charge is 0.322 e. The zero-order chi connectivity index (χ0) is 13.1. The number of carbonyl (C=O) groups is 1. The van der Waals surface area contributed by atoms with E-state index in [0.717, 1.165) is 0 Å². The van der Waals surface area contributed by atoms with E-state index in [0.29, 0.717) is 20.7 Å². The van der Waals surface area contributed by atoms with Crippen molar-refractivity contribution in [3.63, 3.8) is 0 Å². The molecule has 0 fully saturated rings. The van der Waals surface area contributed by atoms with Gasteiger partial charge < -0.3 is 5.32 Å². The molecule has 92 valence electrons. The second kappa shape index (κ2) is 5.50. The number of rotatable bonds is 2. The smallest absolute Gasteiger partial charge is 0.255 e. The van der Waals surface area contributed by atoms with Crippen LogP contribution in [0.2, 0.25) is 5.02 Å². The Morgan fingerprint density at radius 3 is 2.44 bits per heavy atom. The van der Waals surface area contributed by atoms with Crippen LogP contribution >= 0.6 is 27.5 Å². The minimum atomic E-state index is -0.345. The minimum Gasteiger partial charge on any atom is -0.322 e. The maximum absolute atomic E-state index is 12.7. The van der Waals surface area contributed by atoms with Crippen LogP contribution in [0.5, 0.6) is 0 Å². The molecule has 0 aliphatic carbocycles. The highest BCUT2D eigenvalue weighted by Crippen LogP contribution is 2.23. The lowest BCUT2D eigenvalue weighted by Crippen LogP contribution is -2.11. The summed E-state index contributed by atoms with van der Waals surface area (Å²) in [5, 5.41) is 3.20. The highest BCUT2D eigenvalue weighted by atomic mass is 79.9. The SMILES string of the molecule is O=C(Nc1ccc(F)cc1)c1ccc(Cl)c(Br)c1. The Labute approximate surface area is 117 Å². The summed E-state index contributed by atoms with van der Waals surface area (Å²) in [6.07, 6.45) is 0. The van der Waals surface area contributed by atoms with Gasteiger partial charge in [0.15, 0.2) is 0 Å². The average molecular weight is 329 g/mol.